The predicted octanol–water partition coefficient (Wildman–Crippen LogP) is 3.02. The number of ether oxygens (including phenoxy) is 2. The van der Waals surface area contributed by atoms with E-state index in [1.165, 1.54) is 0 Å². The van der Waals surface area contributed by atoms with Crippen LogP contribution in [0.15, 0.2) is 29.1 Å². The molecule has 2 aliphatic heterocycles. The Morgan fingerprint density at radius 1 is 1.26 bits per heavy atom. The zero-order valence-corrected chi connectivity index (χ0v) is 13.9. The van der Waals surface area contributed by atoms with Crippen LogP contribution in [0.5, 0.6) is 11.6 Å². The van der Waals surface area contributed by atoms with Crippen molar-refractivity contribution in [1.29, 1.82) is 0 Å². The van der Waals surface area contributed by atoms with Gasteiger partial charge in [-0.1, -0.05) is 18.2 Å². The van der Waals surface area contributed by atoms with Gasteiger partial charge in [-0.05, 0) is 32.1 Å². The summed E-state index contributed by atoms with van der Waals surface area (Å²) in [6, 6.07) is 7.90. The third-order valence-electron chi connectivity index (χ3n) is 4.58. The molecule has 5 nitrogen and oxygen atoms in total. The van der Waals surface area contributed by atoms with Gasteiger partial charge in [0.1, 0.15) is 5.75 Å². The summed E-state index contributed by atoms with van der Waals surface area (Å²) < 4.78 is 13.6. The van der Waals surface area contributed by atoms with Gasteiger partial charge >= 0.3 is 0 Å². The molecule has 2 aromatic rings. The summed E-state index contributed by atoms with van der Waals surface area (Å²) in [5.74, 6) is 1.47. The minimum Gasteiger partial charge on any atom is -0.493 e. The Labute approximate surface area is 138 Å². The van der Waals surface area contributed by atoms with E-state index in [2.05, 4.69) is 4.98 Å². The molecule has 1 aromatic carbocycles. The quantitative estimate of drug-likeness (QED) is 0.817. The van der Waals surface area contributed by atoms with E-state index >= 15 is 0 Å². The highest BCUT2D eigenvalue weighted by atomic mass is 32.1. The molecule has 0 saturated heterocycles. The highest BCUT2D eigenvalue weighted by molar-refractivity contribution is 7.71. The number of H-pyrrole nitrogens is 1. The number of aromatic nitrogens is 2. The number of nitrogens with one attached hydrogen (secondary N) is 1. The molecule has 120 valence electrons. The topological polar surface area (TPSA) is 56.2 Å². The molecule has 2 aliphatic rings. The van der Waals surface area contributed by atoms with Crippen molar-refractivity contribution in [2.45, 2.75) is 25.8 Å². The number of para-hydroxylation sites is 1. The van der Waals surface area contributed by atoms with Crippen molar-refractivity contribution >= 4 is 12.2 Å². The highest BCUT2D eigenvalue weighted by Crippen LogP contribution is 2.45. The van der Waals surface area contributed by atoms with Gasteiger partial charge in [0.05, 0.1) is 18.8 Å². The third-order valence-corrected chi connectivity index (χ3v) is 4.88. The second-order valence-corrected chi connectivity index (χ2v) is 6.73. The molecule has 2 atom stereocenters. The van der Waals surface area contributed by atoms with E-state index in [0.717, 1.165) is 11.3 Å². The molecule has 0 spiro atoms. The molecule has 4 rings (SSSR count). The van der Waals surface area contributed by atoms with Crippen molar-refractivity contribution in [2.75, 3.05) is 13.2 Å². The minimum absolute atomic E-state index is 0.00740. The summed E-state index contributed by atoms with van der Waals surface area (Å²) in [6.07, 6.45) is 0. The average molecular weight is 330 g/mol. The lowest BCUT2D eigenvalue weighted by atomic mass is 9.79. The minimum atomic E-state index is -0.0647. The van der Waals surface area contributed by atoms with E-state index in [1.54, 1.807) is 4.57 Å². The largest absolute Gasteiger partial charge is 0.493 e. The fraction of sp³-hybridized carbons (Fsp3) is 0.412. The molecule has 3 heterocycles. The Morgan fingerprint density at radius 3 is 2.78 bits per heavy atom. The van der Waals surface area contributed by atoms with Gasteiger partial charge in [-0.3, -0.25) is 9.36 Å². The standard InChI is InChI=1S/C17H18N2O3S/c1-9(2)19-16(20)14-13-10(8-22-15(14)18-17(19)23)7-21-12-6-4-3-5-11(12)13/h3-6,9-10,13H,7-8H2,1-2H3,(H,18,23)/t10-,13-/m1/s1. The second kappa shape index (κ2) is 5.23. The summed E-state index contributed by atoms with van der Waals surface area (Å²) in [5, 5.41) is 0. The first kappa shape index (κ1) is 14.5. The van der Waals surface area contributed by atoms with Crippen molar-refractivity contribution in [3.63, 3.8) is 0 Å². The third kappa shape index (κ3) is 2.12. The van der Waals surface area contributed by atoms with Crippen LogP contribution in [0.4, 0.5) is 0 Å². The van der Waals surface area contributed by atoms with Crippen LogP contribution in [0.2, 0.25) is 0 Å². The number of hydrogen-bond acceptors (Lipinski definition) is 4. The van der Waals surface area contributed by atoms with Gasteiger partial charge in [-0.15, -0.1) is 0 Å². The van der Waals surface area contributed by atoms with Gasteiger partial charge < -0.3 is 14.5 Å². The molecular formula is C17H18N2O3S. The lowest BCUT2D eigenvalue weighted by Crippen LogP contribution is -2.40. The number of nitrogens with zero attached hydrogens (tertiary/aromatic N) is 1. The maximum atomic E-state index is 13.1. The van der Waals surface area contributed by atoms with E-state index in [1.807, 2.05) is 38.1 Å². The van der Waals surface area contributed by atoms with Crippen molar-refractivity contribution in [2.24, 2.45) is 5.92 Å². The van der Waals surface area contributed by atoms with Crippen LogP contribution in [0.1, 0.15) is 36.9 Å². The maximum Gasteiger partial charge on any atom is 0.262 e. The molecule has 1 aromatic heterocycles. The smallest absolute Gasteiger partial charge is 0.262 e. The Balaban J connectivity index is 2.00. The van der Waals surface area contributed by atoms with E-state index in [-0.39, 0.29) is 23.4 Å². The molecule has 0 radical (unpaired) electrons. The monoisotopic (exact) mass is 330 g/mol. The normalized spacial score (nSPS) is 21.7. The van der Waals surface area contributed by atoms with Crippen LogP contribution in [-0.4, -0.2) is 22.8 Å². The van der Waals surface area contributed by atoms with E-state index in [9.17, 15) is 4.79 Å². The molecule has 0 aliphatic carbocycles. The SMILES string of the molecule is CC(C)n1c(=S)[nH]c2c(c1=O)[C@H]1c3ccccc3OC[C@@H]1CO2. The Hall–Kier alpha value is -2.08. The second-order valence-electron chi connectivity index (χ2n) is 6.34. The molecule has 0 bridgehead atoms. The van der Waals surface area contributed by atoms with Gasteiger partial charge in [-0.2, -0.15) is 0 Å². The molecule has 23 heavy (non-hydrogen) atoms. The lowest BCUT2D eigenvalue weighted by Gasteiger charge is -2.37. The Bertz CT molecular complexity index is 884. The summed E-state index contributed by atoms with van der Waals surface area (Å²) in [7, 11) is 0. The van der Waals surface area contributed by atoms with Gasteiger partial charge in [0, 0.05) is 23.4 Å². The average Bonchev–Trinajstić information content (AvgIpc) is 2.53. The van der Waals surface area contributed by atoms with Crippen LogP contribution in [0.25, 0.3) is 0 Å². The van der Waals surface area contributed by atoms with Crippen LogP contribution in [-0.2, 0) is 0 Å². The van der Waals surface area contributed by atoms with Gasteiger partial charge in [0.2, 0.25) is 5.88 Å². The van der Waals surface area contributed by atoms with Crippen molar-refractivity contribution < 1.29 is 9.47 Å². The van der Waals surface area contributed by atoms with Crippen LogP contribution >= 0.6 is 12.2 Å². The molecule has 0 amide bonds. The number of rotatable bonds is 1. The van der Waals surface area contributed by atoms with Crippen molar-refractivity contribution in [3.05, 3.63) is 50.5 Å². The maximum absolute atomic E-state index is 13.1. The molecule has 0 fully saturated rings. The Kier molecular flexibility index (Phi) is 3.30. The molecule has 0 saturated carbocycles. The zero-order valence-electron chi connectivity index (χ0n) is 13.0. The van der Waals surface area contributed by atoms with Crippen LogP contribution in [0, 0.1) is 10.7 Å². The Morgan fingerprint density at radius 2 is 2.00 bits per heavy atom. The summed E-state index contributed by atoms with van der Waals surface area (Å²) in [6.45, 7) is 4.98. The molecule has 6 heteroatoms. The molecule has 0 unspecified atom stereocenters. The first-order chi connectivity index (χ1) is 11.1. The zero-order chi connectivity index (χ0) is 16.1. The number of aromatic amines is 1. The summed E-state index contributed by atoms with van der Waals surface area (Å²) >= 11 is 5.33. The van der Waals surface area contributed by atoms with Crippen molar-refractivity contribution in [1.82, 2.24) is 9.55 Å². The van der Waals surface area contributed by atoms with Gasteiger partial charge in [0.25, 0.3) is 5.56 Å². The number of fused-ring (bicyclic) bond motifs is 5. The first-order valence-electron chi connectivity index (χ1n) is 7.81. The first-order valence-corrected chi connectivity index (χ1v) is 8.22. The molecule has 1 N–H and O–H groups in total. The fourth-order valence-electron chi connectivity index (χ4n) is 3.54. The highest BCUT2D eigenvalue weighted by Gasteiger charge is 2.40. The van der Waals surface area contributed by atoms with Crippen LogP contribution < -0.4 is 15.0 Å². The summed E-state index contributed by atoms with van der Waals surface area (Å²) in [4.78, 5) is 16.2. The predicted molar refractivity (Wildman–Crippen MR) is 89.0 cm³/mol. The van der Waals surface area contributed by atoms with Crippen molar-refractivity contribution in [3.8, 4) is 11.6 Å². The van der Waals surface area contributed by atoms with E-state index in [0.29, 0.717) is 29.4 Å². The van der Waals surface area contributed by atoms with Gasteiger partial charge in [-0.25, -0.2) is 0 Å². The van der Waals surface area contributed by atoms with E-state index < -0.39 is 0 Å². The number of hydrogen-bond donors (Lipinski definition) is 1. The lowest BCUT2D eigenvalue weighted by molar-refractivity contribution is 0.120. The van der Waals surface area contributed by atoms with Crippen LogP contribution in [0.3, 0.4) is 0 Å². The summed E-state index contributed by atoms with van der Waals surface area (Å²) in [5.41, 5.74) is 1.65. The molecular weight excluding hydrogens is 312 g/mol. The number of benzene rings is 1. The van der Waals surface area contributed by atoms with Gasteiger partial charge in [0.15, 0.2) is 4.77 Å². The fourth-order valence-corrected chi connectivity index (χ4v) is 3.93. The van der Waals surface area contributed by atoms with E-state index in [4.69, 9.17) is 21.7 Å².